The third kappa shape index (κ3) is 6.36. The summed E-state index contributed by atoms with van der Waals surface area (Å²) in [6.45, 7) is 0.247. The van der Waals surface area contributed by atoms with Crippen LogP contribution in [0.2, 0.25) is 0 Å². The third-order valence-electron chi connectivity index (χ3n) is 4.86. The molecule has 2 aromatic rings. The Bertz CT molecular complexity index is 854. The van der Waals surface area contributed by atoms with Crippen molar-refractivity contribution in [2.75, 3.05) is 13.2 Å². The molecular weight excluding hydrogens is 388 g/mol. The quantitative estimate of drug-likeness (QED) is 0.663. The average molecular weight is 414 g/mol. The Kier molecular flexibility index (Phi) is 7.87. The molecule has 1 aromatic heterocycles. The molecule has 0 fully saturated rings. The predicted molar refractivity (Wildman–Crippen MR) is 106 cm³/mol. The zero-order valence-electron chi connectivity index (χ0n) is 16.7. The molecule has 1 aliphatic heterocycles. The van der Waals surface area contributed by atoms with Crippen molar-refractivity contribution in [2.24, 2.45) is 0 Å². The lowest BCUT2D eigenvalue weighted by molar-refractivity contribution is -0.148. The van der Waals surface area contributed by atoms with Crippen LogP contribution in [0.3, 0.4) is 0 Å². The highest BCUT2D eigenvalue weighted by atomic mass is 16.5. The number of aromatic nitrogens is 4. The van der Waals surface area contributed by atoms with Crippen LogP contribution < -0.4 is 10.6 Å². The van der Waals surface area contributed by atoms with E-state index in [2.05, 4.69) is 26.2 Å². The van der Waals surface area contributed by atoms with E-state index in [-0.39, 0.29) is 43.8 Å². The molecule has 1 unspecified atom stereocenters. The van der Waals surface area contributed by atoms with Crippen LogP contribution in [0.4, 0.5) is 0 Å². The summed E-state index contributed by atoms with van der Waals surface area (Å²) in [4.78, 5) is 35.7. The van der Waals surface area contributed by atoms with Crippen LogP contribution in [0.5, 0.6) is 0 Å². The first-order valence-corrected chi connectivity index (χ1v) is 10.1. The van der Waals surface area contributed by atoms with Crippen molar-refractivity contribution in [3.63, 3.8) is 0 Å². The second-order valence-electron chi connectivity index (χ2n) is 7.10. The van der Waals surface area contributed by atoms with E-state index in [9.17, 15) is 14.4 Å². The number of rotatable bonds is 1. The van der Waals surface area contributed by atoms with Gasteiger partial charge in [0.05, 0.1) is 12.6 Å². The Morgan fingerprint density at radius 3 is 2.63 bits per heavy atom. The summed E-state index contributed by atoms with van der Waals surface area (Å²) in [6, 6.07) is 9.75. The van der Waals surface area contributed by atoms with Gasteiger partial charge < -0.3 is 15.4 Å². The van der Waals surface area contributed by atoms with Crippen molar-refractivity contribution in [1.82, 2.24) is 30.8 Å². The van der Waals surface area contributed by atoms with Crippen molar-refractivity contribution in [3.05, 3.63) is 41.7 Å². The Morgan fingerprint density at radius 1 is 0.967 bits per heavy atom. The molecule has 2 amide bonds. The molecule has 1 aromatic carbocycles. The highest BCUT2D eigenvalue weighted by Gasteiger charge is 2.20. The standard InChI is InChI=1S/C20H26N6O4/c27-18-10-6-12-21-19(28)14-30-20(29)11-5-4-9-16(15-7-2-1-3-8-15)26-17(13-22-18)23-24-25-26/h1-3,7-8,16H,4-6,9-14H2,(H,21,28)(H,22,27). The number of tetrazole rings is 1. The van der Waals surface area contributed by atoms with Gasteiger partial charge in [0.15, 0.2) is 12.4 Å². The molecule has 10 heteroatoms. The second-order valence-corrected chi connectivity index (χ2v) is 7.10. The fourth-order valence-corrected chi connectivity index (χ4v) is 3.30. The number of cyclic esters (lactones) is 1. The van der Waals surface area contributed by atoms with Crippen LogP contribution >= 0.6 is 0 Å². The number of nitrogens with zero attached hydrogens (tertiary/aromatic N) is 4. The molecule has 0 saturated carbocycles. The predicted octanol–water partition coefficient (Wildman–Crippen LogP) is 0.892. The normalized spacial score (nSPS) is 20.1. The fraction of sp³-hybridized carbons (Fsp3) is 0.500. The van der Waals surface area contributed by atoms with Crippen LogP contribution in [0.25, 0.3) is 0 Å². The fourth-order valence-electron chi connectivity index (χ4n) is 3.30. The Labute approximate surface area is 174 Å². The van der Waals surface area contributed by atoms with E-state index in [1.54, 1.807) is 4.68 Å². The molecular formula is C20H26N6O4. The number of ether oxygens (including phenoxy) is 1. The summed E-state index contributed by atoms with van der Waals surface area (Å²) in [5.74, 6) is -0.355. The minimum Gasteiger partial charge on any atom is -0.456 e. The van der Waals surface area contributed by atoms with Crippen LogP contribution in [-0.4, -0.2) is 51.1 Å². The largest absolute Gasteiger partial charge is 0.456 e. The molecule has 2 heterocycles. The van der Waals surface area contributed by atoms with Gasteiger partial charge in [-0.15, -0.1) is 5.10 Å². The van der Waals surface area contributed by atoms with Crippen LogP contribution in [0, 0.1) is 0 Å². The average Bonchev–Trinajstić information content (AvgIpc) is 3.22. The topological polar surface area (TPSA) is 128 Å². The number of carbonyl (C=O) groups is 3. The van der Waals surface area contributed by atoms with E-state index in [0.29, 0.717) is 31.6 Å². The van der Waals surface area contributed by atoms with E-state index < -0.39 is 5.97 Å². The van der Waals surface area contributed by atoms with E-state index >= 15 is 0 Å². The highest BCUT2D eigenvalue weighted by molar-refractivity contribution is 5.80. The van der Waals surface area contributed by atoms with E-state index in [0.717, 1.165) is 12.0 Å². The van der Waals surface area contributed by atoms with Crippen LogP contribution in [-0.2, 0) is 25.7 Å². The smallest absolute Gasteiger partial charge is 0.306 e. The molecule has 2 N–H and O–H groups in total. The maximum Gasteiger partial charge on any atom is 0.306 e. The number of benzene rings is 1. The summed E-state index contributed by atoms with van der Waals surface area (Å²) in [5, 5.41) is 17.5. The van der Waals surface area contributed by atoms with Crippen molar-refractivity contribution < 1.29 is 19.1 Å². The SMILES string of the molecule is O=C1CCCNC(=O)COC(=O)CCCCC(c2ccccc2)n2nnnc2CN1. The zero-order valence-corrected chi connectivity index (χ0v) is 16.7. The number of fused-ring (bicyclic) bond motifs is 1. The lowest BCUT2D eigenvalue weighted by Crippen LogP contribution is -2.31. The Morgan fingerprint density at radius 2 is 1.80 bits per heavy atom. The van der Waals surface area contributed by atoms with E-state index in [1.165, 1.54) is 0 Å². The number of hydrogen-bond acceptors (Lipinski definition) is 7. The maximum absolute atomic E-state index is 12.1. The number of nitrogens with one attached hydrogen (secondary N) is 2. The lowest BCUT2D eigenvalue weighted by Gasteiger charge is -2.19. The van der Waals surface area contributed by atoms with Crippen LogP contribution in [0.1, 0.15) is 56.0 Å². The zero-order chi connectivity index (χ0) is 21.2. The summed E-state index contributed by atoms with van der Waals surface area (Å²) in [5.41, 5.74) is 1.05. The molecule has 0 saturated heterocycles. The number of esters is 1. The van der Waals surface area contributed by atoms with Crippen molar-refractivity contribution >= 4 is 17.8 Å². The van der Waals surface area contributed by atoms with E-state index in [4.69, 9.17) is 4.74 Å². The summed E-state index contributed by atoms with van der Waals surface area (Å²) >= 11 is 0. The molecule has 0 bridgehead atoms. The van der Waals surface area contributed by atoms with Crippen LogP contribution in [0.15, 0.2) is 30.3 Å². The highest BCUT2D eigenvalue weighted by Crippen LogP contribution is 2.24. The van der Waals surface area contributed by atoms with E-state index in [1.807, 2.05) is 30.3 Å². The molecule has 1 aliphatic rings. The van der Waals surface area contributed by atoms with Gasteiger partial charge in [-0.1, -0.05) is 36.8 Å². The summed E-state index contributed by atoms with van der Waals surface area (Å²) < 4.78 is 6.74. The molecule has 0 radical (unpaired) electrons. The first-order valence-electron chi connectivity index (χ1n) is 10.1. The molecule has 0 spiro atoms. The molecule has 10 nitrogen and oxygen atoms in total. The number of amides is 2. The number of carbonyl (C=O) groups excluding carboxylic acids is 3. The molecule has 30 heavy (non-hydrogen) atoms. The van der Waals surface area contributed by atoms with Gasteiger partial charge in [-0.3, -0.25) is 14.4 Å². The molecule has 0 aliphatic carbocycles. The Balaban J connectivity index is 1.75. The molecule has 160 valence electrons. The first-order chi connectivity index (χ1) is 14.6. The summed E-state index contributed by atoms with van der Waals surface area (Å²) in [7, 11) is 0. The molecule has 1 atom stereocenters. The lowest BCUT2D eigenvalue weighted by atomic mass is 10.0. The number of hydrogen-bond donors (Lipinski definition) is 2. The Hall–Kier alpha value is -3.30. The van der Waals surface area contributed by atoms with Gasteiger partial charge in [0.2, 0.25) is 5.91 Å². The minimum absolute atomic E-state index is 0.117. The summed E-state index contributed by atoms with van der Waals surface area (Å²) in [6.07, 6.45) is 3.05. The van der Waals surface area contributed by atoms with Crippen molar-refractivity contribution in [2.45, 2.75) is 51.1 Å². The molecule has 3 rings (SSSR count). The van der Waals surface area contributed by atoms with Gasteiger partial charge >= 0.3 is 5.97 Å². The van der Waals surface area contributed by atoms with Gasteiger partial charge in [0, 0.05) is 19.4 Å². The van der Waals surface area contributed by atoms with Crippen molar-refractivity contribution in [3.8, 4) is 0 Å². The second kappa shape index (κ2) is 11.0. The monoisotopic (exact) mass is 414 g/mol. The maximum atomic E-state index is 12.1. The van der Waals surface area contributed by atoms with Gasteiger partial charge in [0.25, 0.3) is 5.91 Å². The van der Waals surface area contributed by atoms with Gasteiger partial charge in [-0.25, -0.2) is 4.68 Å². The third-order valence-corrected chi connectivity index (χ3v) is 4.86. The first kappa shape index (κ1) is 21.4. The van der Waals surface area contributed by atoms with Crippen molar-refractivity contribution in [1.29, 1.82) is 0 Å². The minimum atomic E-state index is -0.398. The van der Waals surface area contributed by atoms with Gasteiger partial charge in [0.1, 0.15) is 0 Å². The van der Waals surface area contributed by atoms with Gasteiger partial charge in [-0.05, 0) is 35.3 Å². The van der Waals surface area contributed by atoms with Gasteiger partial charge in [-0.2, -0.15) is 0 Å².